The van der Waals surface area contributed by atoms with Crippen LogP contribution in [0.25, 0.3) is 0 Å². The van der Waals surface area contributed by atoms with Gasteiger partial charge in [0.1, 0.15) is 16.2 Å². The number of nitrogens with one attached hydrogen (secondary N) is 1. The second-order valence-corrected chi connectivity index (χ2v) is 6.91. The highest BCUT2D eigenvalue weighted by molar-refractivity contribution is 7.83. The molecule has 0 aromatic heterocycles. The van der Waals surface area contributed by atoms with Crippen molar-refractivity contribution in [1.82, 2.24) is 4.72 Å². The third-order valence-electron chi connectivity index (χ3n) is 3.14. The molecular weight excluding hydrogens is 194 g/mol. The molecule has 0 amide bonds. The molecule has 3 heteroatoms. The summed E-state index contributed by atoms with van der Waals surface area (Å²) < 4.78 is 14.7. The van der Waals surface area contributed by atoms with Gasteiger partial charge in [0.25, 0.3) is 0 Å². The third kappa shape index (κ3) is 4.09. The number of rotatable bonds is 4. The summed E-state index contributed by atoms with van der Waals surface area (Å²) in [5.41, 5.74) is 0. The Labute approximate surface area is 90.4 Å². The molecule has 0 radical (unpaired) electrons. The van der Waals surface area contributed by atoms with E-state index in [2.05, 4.69) is 11.6 Å². The zero-order valence-corrected chi connectivity index (χ0v) is 10.5. The summed E-state index contributed by atoms with van der Waals surface area (Å²) in [6, 6.07) is 0. The normalized spacial score (nSPS) is 30.6. The standard InChI is InChI=1S/C11H23NOS/c1-9(2)14(13)12-8-11-6-4-10(3)5-7-11/h9-11H,4-8H2,1-3H3,(H,12,13)/p+1. The minimum Gasteiger partial charge on any atom is -0.139 e. The van der Waals surface area contributed by atoms with E-state index in [9.17, 15) is 4.21 Å². The van der Waals surface area contributed by atoms with Crippen LogP contribution in [0.3, 0.4) is 0 Å². The Hall–Kier alpha value is 0.110. The first-order valence-corrected chi connectivity index (χ1v) is 7.12. The van der Waals surface area contributed by atoms with Gasteiger partial charge in [-0.1, -0.05) is 24.0 Å². The van der Waals surface area contributed by atoms with E-state index < -0.39 is 11.0 Å². The molecule has 0 heterocycles. The maximum absolute atomic E-state index is 11.5. The molecule has 1 N–H and O–H groups in total. The van der Waals surface area contributed by atoms with Gasteiger partial charge in [-0.2, -0.15) is 0 Å². The highest BCUT2D eigenvalue weighted by atomic mass is 32.2. The summed E-state index contributed by atoms with van der Waals surface area (Å²) in [4.78, 5) is 0. The van der Waals surface area contributed by atoms with Crippen LogP contribution >= 0.6 is 0 Å². The molecule has 1 unspecified atom stereocenters. The molecule has 2 nitrogen and oxygen atoms in total. The molecule has 1 fully saturated rings. The lowest BCUT2D eigenvalue weighted by atomic mass is 9.83. The van der Waals surface area contributed by atoms with E-state index in [0.717, 1.165) is 18.4 Å². The second kappa shape index (κ2) is 5.86. The molecular formula is C11H24NOS+. The van der Waals surface area contributed by atoms with Gasteiger partial charge in [0, 0.05) is 6.54 Å². The number of thiol groups is 1. The van der Waals surface area contributed by atoms with Crippen molar-refractivity contribution < 1.29 is 4.21 Å². The predicted octanol–water partition coefficient (Wildman–Crippen LogP) is 2.42. The van der Waals surface area contributed by atoms with Gasteiger partial charge < -0.3 is 0 Å². The Morgan fingerprint density at radius 1 is 1.29 bits per heavy atom. The minimum absolute atomic E-state index is 0.271. The zero-order valence-electron chi connectivity index (χ0n) is 9.62. The second-order valence-electron chi connectivity index (χ2n) is 4.91. The van der Waals surface area contributed by atoms with Gasteiger partial charge in [0.05, 0.1) is 0 Å². The average Bonchev–Trinajstić information content (AvgIpc) is 2.16. The fourth-order valence-electron chi connectivity index (χ4n) is 1.93. The molecule has 1 rings (SSSR count). The van der Waals surface area contributed by atoms with Crippen molar-refractivity contribution in [3.05, 3.63) is 0 Å². The van der Waals surface area contributed by atoms with E-state index in [1.165, 1.54) is 25.7 Å². The molecule has 14 heavy (non-hydrogen) atoms. The summed E-state index contributed by atoms with van der Waals surface area (Å²) in [5.74, 6) is 1.68. The molecule has 0 bridgehead atoms. The van der Waals surface area contributed by atoms with Gasteiger partial charge in [-0.05, 0) is 38.5 Å². The first-order valence-electron chi connectivity index (χ1n) is 5.79. The number of hydrogen-bond acceptors (Lipinski definition) is 1. The lowest BCUT2D eigenvalue weighted by molar-refractivity contribution is 0.291. The fraction of sp³-hybridized carbons (Fsp3) is 1.00. The van der Waals surface area contributed by atoms with E-state index in [1.807, 2.05) is 13.8 Å². The van der Waals surface area contributed by atoms with Gasteiger partial charge >= 0.3 is 0 Å². The molecule has 1 aliphatic rings. The van der Waals surface area contributed by atoms with E-state index >= 15 is 0 Å². The van der Waals surface area contributed by atoms with E-state index in [-0.39, 0.29) is 5.25 Å². The van der Waals surface area contributed by atoms with Gasteiger partial charge in [0.2, 0.25) is 0 Å². The van der Waals surface area contributed by atoms with Crippen LogP contribution in [-0.4, -0.2) is 11.8 Å². The SMILES string of the molecule is CC1CCC(CN[SH+](=O)C(C)C)CC1. The molecule has 0 aliphatic heterocycles. The lowest BCUT2D eigenvalue weighted by Gasteiger charge is -2.25. The van der Waals surface area contributed by atoms with Crippen LogP contribution in [-0.2, 0) is 15.2 Å². The van der Waals surface area contributed by atoms with Gasteiger partial charge in [-0.15, -0.1) is 4.72 Å². The van der Waals surface area contributed by atoms with Crippen molar-refractivity contribution in [3.63, 3.8) is 0 Å². The van der Waals surface area contributed by atoms with Crippen LogP contribution in [0.4, 0.5) is 0 Å². The quantitative estimate of drug-likeness (QED) is 0.570. The maximum atomic E-state index is 11.5. The molecule has 0 aromatic carbocycles. The highest BCUT2D eigenvalue weighted by Crippen LogP contribution is 2.27. The van der Waals surface area contributed by atoms with Crippen LogP contribution in [0.5, 0.6) is 0 Å². The lowest BCUT2D eigenvalue weighted by Crippen LogP contribution is -2.30. The largest absolute Gasteiger partial charge is 0.144 e. The van der Waals surface area contributed by atoms with Crippen LogP contribution in [0.1, 0.15) is 46.5 Å². The average molecular weight is 218 g/mol. The van der Waals surface area contributed by atoms with E-state index in [1.54, 1.807) is 0 Å². The van der Waals surface area contributed by atoms with Crippen LogP contribution in [0, 0.1) is 11.8 Å². The molecule has 1 atom stereocenters. The summed E-state index contributed by atoms with van der Waals surface area (Å²) in [6.07, 6.45) is 5.33. The molecule has 0 aromatic rings. The summed E-state index contributed by atoms with van der Waals surface area (Å²) in [6.45, 7) is 7.31. The van der Waals surface area contributed by atoms with Crippen molar-refractivity contribution in [3.8, 4) is 0 Å². The predicted molar refractivity (Wildman–Crippen MR) is 63.7 cm³/mol. The first kappa shape index (κ1) is 12.2. The summed E-state index contributed by atoms with van der Waals surface area (Å²) >= 11 is 0. The smallest absolute Gasteiger partial charge is 0.139 e. The molecule has 84 valence electrons. The molecule has 1 saturated carbocycles. The van der Waals surface area contributed by atoms with Crippen molar-refractivity contribution in [2.24, 2.45) is 11.8 Å². The van der Waals surface area contributed by atoms with Crippen molar-refractivity contribution >= 4 is 11.0 Å². The van der Waals surface area contributed by atoms with Gasteiger partial charge in [-0.25, -0.2) is 0 Å². The van der Waals surface area contributed by atoms with Crippen molar-refractivity contribution in [2.45, 2.75) is 51.7 Å². The molecule has 1 aliphatic carbocycles. The van der Waals surface area contributed by atoms with Crippen LogP contribution in [0.2, 0.25) is 0 Å². The van der Waals surface area contributed by atoms with Gasteiger partial charge in [-0.3, -0.25) is 0 Å². The zero-order chi connectivity index (χ0) is 10.6. The van der Waals surface area contributed by atoms with E-state index in [0.29, 0.717) is 0 Å². The third-order valence-corrected chi connectivity index (χ3v) is 4.57. The Balaban J connectivity index is 2.16. The Kier molecular flexibility index (Phi) is 5.10. The molecule has 0 spiro atoms. The minimum atomic E-state index is -1.18. The first-order chi connectivity index (χ1) is 6.59. The maximum Gasteiger partial charge on any atom is 0.144 e. The highest BCUT2D eigenvalue weighted by Gasteiger charge is 2.20. The van der Waals surface area contributed by atoms with Crippen LogP contribution in [0.15, 0.2) is 0 Å². The summed E-state index contributed by atoms with van der Waals surface area (Å²) in [5, 5.41) is 0.271. The Bertz CT molecular complexity index is 186. The Morgan fingerprint density at radius 3 is 2.36 bits per heavy atom. The topological polar surface area (TPSA) is 29.1 Å². The van der Waals surface area contributed by atoms with Gasteiger partial charge in [0.15, 0.2) is 0 Å². The molecule has 0 saturated heterocycles. The van der Waals surface area contributed by atoms with Crippen molar-refractivity contribution in [2.75, 3.05) is 6.54 Å². The Morgan fingerprint density at radius 2 is 1.86 bits per heavy atom. The monoisotopic (exact) mass is 218 g/mol. The summed E-state index contributed by atoms with van der Waals surface area (Å²) in [7, 11) is -1.18. The number of hydrogen-bond donors (Lipinski definition) is 1. The fourth-order valence-corrected chi connectivity index (χ4v) is 2.74. The van der Waals surface area contributed by atoms with Crippen molar-refractivity contribution in [1.29, 1.82) is 0 Å². The van der Waals surface area contributed by atoms with Crippen LogP contribution < -0.4 is 4.72 Å². The van der Waals surface area contributed by atoms with E-state index in [4.69, 9.17) is 0 Å².